The summed E-state index contributed by atoms with van der Waals surface area (Å²) >= 11 is 0. The Morgan fingerprint density at radius 1 is 1.26 bits per heavy atom. The van der Waals surface area contributed by atoms with Gasteiger partial charge in [0.25, 0.3) is 0 Å². The first-order valence-corrected chi connectivity index (χ1v) is 7.22. The number of benzene rings is 1. The molecule has 0 unspecified atom stereocenters. The second-order valence-corrected chi connectivity index (χ2v) is 6.44. The number of ether oxygens (including phenoxy) is 1. The van der Waals surface area contributed by atoms with E-state index in [2.05, 4.69) is 58.1 Å². The monoisotopic (exact) mass is 263 g/mol. The Labute approximate surface area is 118 Å². The van der Waals surface area contributed by atoms with Gasteiger partial charge >= 0.3 is 0 Å². The maximum atomic E-state index is 5.51. The summed E-state index contributed by atoms with van der Waals surface area (Å²) in [5.41, 5.74) is 2.72. The minimum atomic E-state index is 0.126. The minimum absolute atomic E-state index is 0.126. The molecule has 0 saturated carbocycles. The lowest BCUT2D eigenvalue weighted by Crippen LogP contribution is -2.28. The fourth-order valence-electron chi connectivity index (χ4n) is 2.28. The molecule has 1 aromatic carbocycles. The standard InChI is InChI=1S/C17H29NO/c1-13(2)12-18-10-9-17(4,5)15-11-14(3)7-8-16(15)19-6/h7-8,11,13,18H,9-10,12H2,1-6H3. The molecule has 0 heterocycles. The van der Waals surface area contributed by atoms with Crippen LogP contribution in [0.1, 0.15) is 45.2 Å². The minimum Gasteiger partial charge on any atom is -0.496 e. The fraction of sp³-hybridized carbons (Fsp3) is 0.647. The molecule has 2 nitrogen and oxygen atoms in total. The van der Waals surface area contributed by atoms with Crippen molar-refractivity contribution >= 4 is 0 Å². The molecule has 0 aliphatic carbocycles. The second kappa shape index (κ2) is 6.95. The molecule has 19 heavy (non-hydrogen) atoms. The topological polar surface area (TPSA) is 21.3 Å². The van der Waals surface area contributed by atoms with Crippen molar-refractivity contribution in [2.75, 3.05) is 20.2 Å². The molecule has 1 N–H and O–H groups in total. The summed E-state index contributed by atoms with van der Waals surface area (Å²) in [6, 6.07) is 6.44. The Kier molecular flexibility index (Phi) is 5.86. The first kappa shape index (κ1) is 16.0. The maximum absolute atomic E-state index is 5.51. The van der Waals surface area contributed by atoms with Gasteiger partial charge in [-0.1, -0.05) is 45.4 Å². The van der Waals surface area contributed by atoms with E-state index in [1.807, 2.05) is 0 Å². The van der Waals surface area contributed by atoms with Crippen molar-refractivity contribution in [3.8, 4) is 5.75 Å². The molecular weight excluding hydrogens is 234 g/mol. The van der Waals surface area contributed by atoms with Crippen LogP contribution in [-0.4, -0.2) is 20.2 Å². The van der Waals surface area contributed by atoms with Crippen LogP contribution in [-0.2, 0) is 5.41 Å². The number of methoxy groups -OCH3 is 1. The van der Waals surface area contributed by atoms with Crippen LogP contribution in [0, 0.1) is 12.8 Å². The van der Waals surface area contributed by atoms with Gasteiger partial charge in [0.05, 0.1) is 7.11 Å². The van der Waals surface area contributed by atoms with Crippen molar-refractivity contribution in [3.05, 3.63) is 29.3 Å². The van der Waals surface area contributed by atoms with E-state index in [0.29, 0.717) is 5.92 Å². The van der Waals surface area contributed by atoms with Crippen LogP contribution in [0.25, 0.3) is 0 Å². The lowest BCUT2D eigenvalue weighted by Gasteiger charge is -2.28. The van der Waals surface area contributed by atoms with Gasteiger partial charge in [0.15, 0.2) is 0 Å². The summed E-state index contributed by atoms with van der Waals surface area (Å²) in [6.07, 6.45) is 1.11. The first-order valence-electron chi connectivity index (χ1n) is 7.22. The number of aryl methyl sites for hydroxylation is 1. The highest BCUT2D eigenvalue weighted by Crippen LogP contribution is 2.34. The third-order valence-corrected chi connectivity index (χ3v) is 3.56. The van der Waals surface area contributed by atoms with E-state index >= 15 is 0 Å². The Balaban J connectivity index is 2.73. The van der Waals surface area contributed by atoms with Gasteiger partial charge in [0.2, 0.25) is 0 Å². The molecule has 0 atom stereocenters. The molecule has 108 valence electrons. The number of nitrogens with one attached hydrogen (secondary N) is 1. The zero-order valence-corrected chi connectivity index (χ0v) is 13.3. The zero-order chi connectivity index (χ0) is 14.5. The average Bonchev–Trinajstić information content (AvgIpc) is 2.34. The van der Waals surface area contributed by atoms with Crippen LogP contribution in [0.4, 0.5) is 0 Å². The summed E-state index contributed by atoms with van der Waals surface area (Å²) in [5.74, 6) is 1.70. The Morgan fingerprint density at radius 3 is 2.53 bits per heavy atom. The highest BCUT2D eigenvalue weighted by molar-refractivity contribution is 5.41. The predicted molar refractivity (Wildman–Crippen MR) is 83.1 cm³/mol. The van der Waals surface area contributed by atoms with Crippen molar-refractivity contribution in [2.24, 2.45) is 5.92 Å². The van der Waals surface area contributed by atoms with E-state index in [1.165, 1.54) is 11.1 Å². The van der Waals surface area contributed by atoms with Gasteiger partial charge in [-0.3, -0.25) is 0 Å². The van der Waals surface area contributed by atoms with Crippen LogP contribution in [0.2, 0.25) is 0 Å². The van der Waals surface area contributed by atoms with Crippen molar-refractivity contribution < 1.29 is 4.74 Å². The molecule has 1 aromatic rings. The summed E-state index contributed by atoms with van der Waals surface area (Å²) in [4.78, 5) is 0. The summed E-state index contributed by atoms with van der Waals surface area (Å²) in [7, 11) is 1.75. The predicted octanol–water partition coefficient (Wildman–Crippen LogP) is 3.92. The largest absolute Gasteiger partial charge is 0.496 e. The van der Waals surface area contributed by atoms with Crippen LogP contribution < -0.4 is 10.1 Å². The van der Waals surface area contributed by atoms with Gasteiger partial charge < -0.3 is 10.1 Å². The third kappa shape index (κ3) is 4.87. The highest BCUT2D eigenvalue weighted by Gasteiger charge is 2.24. The molecule has 0 radical (unpaired) electrons. The molecule has 1 rings (SSSR count). The van der Waals surface area contributed by atoms with Crippen LogP contribution in [0.3, 0.4) is 0 Å². The fourth-order valence-corrected chi connectivity index (χ4v) is 2.28. The summed E-state index contributed by atoms with van der Waals surface area (Å²) in [5, 5.41) is 3.52. The number of hydrogen-bond acceptors (Lipinski definition) is 2. The molecule has 0 bridgehead atoms. The van der Waals surface area contributed by atoms with Gasteiger partial charge in [-0.05, 0) is 43.8 Å². The van der Waals surface area contributed by atoms with Crippen molar-refractivity contribution in [2.45, 2.75) is 46.5 Å². The number of hydrogen-bond donors (Lipinski definition) is 1. The SMILES string of the molecule is COc1ccc(C)cc1C(C)(C)CCNCC(C)C. The van der Waals surface area contributed by atoms with Crippen molar-refractivity contribution in [1.29, 1.82) is 0 Å². The second-order valence-electron chi connectivity index (χ2n) is 6.44. The smallest absolute Gasteiger partial charge is 0.122 e. The van der Waals surface area contributed by atoms with E-state index in [1.54, 1.807) is 7.11 Å². The molecule has 0 amide bonds. The molecule has 2 heteroatoms. The van der Waals surface area contributed by atoms with Gasteiger partial charge in [-0.15, -0.1) is 0 Å². The van der Waals surface area contributed by atoms with E-state index in [0.717, 1.165) is 25.3 Å². The van der Waals surface area contributed by atoms with E-state index in [9.17, 15) is 0 Å². The maximum Gasteiger partial charge on any atom is 0.122 e. The lowest BCUT2D eigenvalue weighted by molar-refractivity contribution is 0.380. The first-order chi connectivity index (χ1) is 8.86. The van der Waals surface area contributed by atoms with E-state index in [4.69, 9.17) is 4.74 Å². The van der Waals surface area contributed by atoms with Crippen LogP contribution in [0.5, 0.6) is 5.75 Å². The normalized spacial score (nSPS) is 11.9. The lowest BCUT2D eigenvalue weighted by atomic mass is 9.80. The Bertz CT molecular complexity index is 396. The molecule has 0 aromatic heterocycles. The van der Waals surface area contributed by atoms with E-state index in [-0.39, 0.29) is 5.41 Å². The molecule has 0 aliphatic rings. The van der Waals surface area contributed by atoms with Gasteiger partial charge in [-0.25, -0.2) is 0 Å². The van der Waals surface area contributed by atoms with Crippen molar-refractivity contribution in [1.82, 2.24) is 5.32 Å². The zero-order valence-electron chi connectivity index (χ0n) is 13.3. The molecule has 0 aliphatic heterocycles. The quantitative estimate of drug-likeness (QED) is 0.753. The van der Waals surface area contributed by atoms with Gasteiger partial charge in [-0.2, -0.15) is 0 Å². The average molecular weight is 263 g/mol. The Hall–Kier alpha value is -1.02. The van der Waals surface area contributed by atoms with Gasteiger partial charge in [0, 0.05) is 5.56 Å². The highest BCUT2D eigenvalue weighted by atomic mass is 16.5. The van der Waals surface area contributed by atoms with Gasteiger partial charge in [0.1, 0.15) is 5.75 Å². The molecule has 0 fully saturated rings. The van der Waals surface area contributed by atoms with E-state index < -0.39 is 0 Å². The molecule has 0 spiro atoms. The van der Waals surface area contributed by atoms with Crippen molar-refractivity contribution in [3.63, 3.8) is 0 Å². The molecule has 0 saturated heterocycles. The number of rotatable bonds is 7. The van der Waals surface area contributed by atoms with Crippen LogP contribution in [0.15, 0.2) is 18.2 Å². The summed E-state index contributed by atoms with van der Waals surface area (Å²) < 4.78 is 5.51. The Morgan fingerprint density at radius 2 is 1.95 bits per heavy atom. The summed E-state index contributed by atoms with van der Waals surface area (Å²) in [6.45, 7) is 13.3. The van der Waals surface area contributed by atoms with Crippen LogP contribution >= 0.6 is 0 Å². The molecular formula is C17H29NO. The third-order valence-electron chi connectivity index (χ3n) is 3.56.